The fourth-order valence-electron chi connectivity index (χ4n) is 2.02. The molecule has 0 spiro atoms. The van der Waals surface area contributed by atoms with Gasteiger partial charge in [-0.25, -0.2) is 9.68 Å². The molecule has 0 heterocycles. The van der Waals surface area contributed by atoms with E-state index in [2.05, 4.69) is 9.68 Å². The molecule has 0 radical (unpaired) electrons. The number of hydrogen-bond donors (Lipinski definition) is 0. The summed E-state index contributed by atoms with van der Waals surface area (Å²) in [7, 11) is 0. The van der Waals surface area contributed by atoms with Crippen LogP contribution in [0.1, 0.15) is 20.7 Å². The third-order valence-corrected chi connectivity index (χ3v) is 2.85. The fourth-order valence-corrected chi connectivity index (χ4v) is 2.02. The number of carbonyl (C=O) groups excluding carboxylic acids is 2. The molecule has 22 heteroatoms. The normalized spacial score (nSPS) is 9.87. The third-order valence-electron chi connectivity index (χ3n) is 2.85. The van der Waals surface area contributed by atoms with E-state index >= 15 is 0 Å². The molecule has 1 rings (SSSR count). The zero-order valence-electron chi connectivity index (χ0n) is 13.2. The number of rotatable bonds is 8. The van der Waals surface area contributed by atoms with Gasteiger partial charge in [0.1, 0.15) is 0 Å². The van der Waals surface area contributed by atoms with E-state index < -0.39 is 75.7 Å². The van der Waals surface area contributed by atoms with E-state index in [4.69, 9.17) is 0 Å². The summed E-state index contributed by atoms with van der Waals surface area (Å²) in [4.78, 5) is 88.0. The van der Waals surface area contributed by atoms with Crippen molar-refractivity contribution in [3.05, 3.63) is 71.8 Å². The van der Waals surface area contributed by atoms with Gasteiger partial charge in [-0.1, -0.05) is 0 Å². The predicted octanol–water partition coefficient (Wildman–Crippen LogP) is 0.0164. The van der Waals surface area contributed by atoms with Crippen LogP contribution in [0.25, 0.3) is 0 Å². The molecule has 0 saturated carbocycles. The van der Waals surface area contributed by atoms with Crippen molar-refractivity contribution in [3.63, 3.8) is 0 Å². The Balaban J connectivity index is 4.47. The Kier molecular flexibility index (Phi) is 6.08. The van der Waals surface area contributed by atoms with Gasteiger partial charge in [-0.2, -0.15) is 0 Å². The molecule has 22 nitrogen and oxygen atoms in total. The molecule has 0 bridgehead atoms. The first kappa shape index (κ1) is 22.6. The van der Waals surface area contributed by atoms with E-state index in [-0.39, 0.29) is 0 Å². The highest BCUT2D eigenvalue weighted by Crippen LogP contribution is 2.48. The van der Waals surface area contributed by atoms with E-state index in [9.17, 15) is 70.3 Å². The number of nitro benzene ring substituents is 4. The van der Waals surface area contributed by atoms with Crippen molar-refractivity contribution in [2.45, 2.75) is 0 Å². The van der Waals surface area contributed by atoms with Crippen LogP contribution in [0.2, 0.25) is 0 Å². The smallest absolute Gasteiger partial charge is 0.262 e. The van der Waals surface area contributed by atoms with Gasteiger partial charge in [-0.05, 0) is 0 Å². The Hall–Kier alpha value is -5.44. The number of nitrogens with zero attached hydrogens (tertiary/aromatic N) is 6. The number of benzene rings is 1. The molecule has 0 aliphatic heterocycles. The van der Waals surface area contributed by atoms with Gasteiger partial charge in [0, 0.05) is 0 Å². The summed E-state index contributed by atoms with van der Waals surface area (Å²) < 4.78 is 0. The summed E-state index contributed by atoms with van der Waals surface area (Å²) in [6.45, 7) is 0. The maximum Gasteiger partial charge on any atom is 0.430 e. The minimum Gasteiger partial charge on any atom is -0.262 e. The van der Waals surface area contributed by atoms with Crippen molar-refractivity contribution >= 4 is 34.7 Å². The van der Waals surface area contributed by atoms with Gasteiger partial charge in [0.25, 0.3) is 0 Å². The van der Waals surface area contributed by atoms with Crippen molar-refractivity contribution in [1.82, 2.24) is 0 Å². The molecule has 1 aromatic carbocycles. The Labute approximate surface area is 157 Å². The van der Waals surface area contributed by atoms with Crippen LogP contribution >= 0.6 is 0 Å². The van der Waals surface area contributed by atoms with Crippen LogP contribution in [-0.4, -0.2) is 41.8 Å². The molecule has 0 amide bonds. The van der Waals surface area contributed by atoms with Crippen LogP contribution in [0.5, 0.6) is 0 Å². The summed E-state index contributed by atoms with van der Waals surface area (Å²) in [5.41, 5.74) is -13.8. The van der Waals surface area contributed by atoms with Crippen molar-refractivity contribution in [3.8, 4) is 0 Å². The van der Waals surface area contributed by atoms with E-state index in [0.29, 0.717) is 0 Å². The molecule has 0 unspecified atom stereocenters. The summed E-state index contributed by atoms with van der Waals surface area (Å²) >= 11 is 0. The molecular weight excluding hydrogens is 436 g/mol. The zero-order chi connectivity index (χ0) is 23.5. The van der Waals surface area contributed by atoms with Gasteiger partial charge in [0.2, 0.25) is 0 Å². The average Bonchev–Trinajstić information content (AvgIpc) is 2.56. The molecule has 0 aliphatic rings. The first-order valence-corrected chi connectivity index (χ1v) is 6.27. The van der Waals surface area contributed by atoms with Crippen LogP contribution in [0, 0.1) is 60.7 Å². The van der Waals surface area contributed by atoms with Crippen LogP contribution < -0.4 is 0 Å². The standard InChI is InChI=1S/C8N6O16/c15-7(29-13(25)26)1-2(8(16)30-14(27)28)4(10(19)20)6(12(23)24)5(11(21)22)3(1)9(17)18. The van der Waals surface area contributed by atoms with Crippen LogP contribution in [0.4, 0.5) is 22.7 Å². The quantitative estimate of drug-likeness (QED) is 0.382. The maximum absolute atomic E-state index is 11.9. The summed E-state index contributed by atoms with van der Waals surface area (Å²) in [5.74, 6) is -5.27. The summed E-state index contributed by atoms with van der Waals surface area (Å²) in [6.07, 6.45) is 0. The molecule has 0 atom stereocenters. The lowest BCUT2D eigenvalue weighted by Gasteiger charge is -2.08. The number of carbonyl (C=O) groups is 2. The molecular formula is C8N6O16. The van der Waals surface area contributed by atoms with Crippen molar-refractivity contribution in [2.75, 3.05) is 0 Å². The van der Waals surface area contributed by atoms with E-state index in [0.717, 1.165) is 0 Å². The van der Waals surface area contributed by atoms with Gasteiger partial charge >= 0.3 is 44.9 Å². The monoisotopic (exact) mass is 436 g/mol. The van der Waals surface area contributed by atoms with Crippen LogP contribution in [0.15, 0.2) is 0 Å². The minimum atomic E-state index is -2.64. The second-order valence-electron chi connectivity index (χ2n) is 4.38. The van der Waals surface area contributed by atoms with Gasteiger partial charge < -0.3 is 0 Å². The van der Waals surface area contributed by atoms with Crippen molar-refractivity contribution in [2.24, 2.45) is 0 Å². The second kappa shape index (κ2) is 8.06. The summed E-state index contributed by atoms with van der Waals surface area (Å²) in [5, 5.41) is 61.5. The molecule has 1 aromatic rings. The Morgan fingerprint density at radius 3 is 0.900 bits per heavy atom. The zero-order valence-corrected chi connectivity index (χ0v) is 13.2. The average molecular weight is 436 g/mol. The first-order chi connectivity index (χ1) is 13.7. The molecule has 0 saturated heterocycles. The maximum atomic E-state index is 11.9. The Morgan fingerprint density at radius 1 is 0.500 bits per heavy atom. The Bertz CT molecular complexity index is 976. The number of hydrogen-bond acceptors (Lipinski definition) is 16. The molecule has 0 N–H and O–H groups in total. The topological polar surface area (TPSA) is 311 Å². The van der Waals surface area contributed by atoms with E-state index in [1.807, 2.05) is 0 Å². The molecule has 158 valence electrons. The first-order valence-electron chi connectivity index (χ1n) is 6.27. The van der Waals surface area contributed by atoms with E-state index in [1.165, 1.54) is 0 Å². The molecule has 0 aliphatic carbocycles. The highest BCUT2D eigenvalue weighted by atomic mass is 17.0. The second-order valence-corrected chi connectivity index (χ2v) is 4.38. The lowest BCUT2D eigenvalue weighted by Crippen LogP contribution is -2.23. The number of nitro groups is 4. The molecule has 30 heavy (non-hydrogen) atoms. The predicted molar refractivity (Wildman–Crippen MR) is 77.9 cm³/mol. The van der Waals surface area contributed by atoms with Gasteiger partial charge in [0.05, 0.1) is 19.7 Å². The lowest BCUT2D eigenvalue weighted by molar-refractivity contribution is -0.727. The van der Waals surface area contributed by atoms with Gasteiger partial charge in [0.15, 0.2) is 11.1 Å². The lowest BCUT2D eigenvalue weighted by atomic mass is 9.99. The highest BCUT2D eigenvalue weighted by Gasteiger charge is 2.54. The van der Waals surface area contributed by atoms with Crippen LogP contribution in [0.3, 0.4) is 0 Å². The largest absolute Gasteiger partial charge is 0.430 e. The van der Waals surface area contributed by atoms with Crippen molar-refractivity contribution < 1.29 is 49.1 Å². The van der Waals surface area contributed by atoms with Crippen molar-refractivity contribution in [1.29, 1.82) is 0 Å². The SMILES string of the molecule is O=C(O[N+](=O)[O-])c1c(C(=O)O[N+](=O)[O-])c([N+](=O)[O-])c([N+](=O)[O-])c([N+](=O)[O-])c1[N+](=O)[O-]. The van der Waals surface area contributed by atoms with Gasteiger partial charge in [-0.15, -0.1) is 20.2 Å². The fraction of sp³-hybridized carbons (Fsp3) is 0. The molecule has 0 fully saturated rings. The summed E-state index contributed by atoms with van der Waals surface area (Å²) in [6, 6.07) is 0. The molecule has 0 aromatic heterocycles. The van der Waals surface area contributed by atoms with Crippen LogP contribution in [-0.2, 0) is 9.68 Å². The highest BCUT2D eigenvalue weighted by molar-refractivity contribution is 6.12. The third kappa shape index (κ3) is 4.10. The Morgan fingerprint density at radius 2 is 0.733 bits per heavy atom. The van der Waals surface area contributed by atoms with Gasteiger partial charge in [-0.3, -0.25) is 50.0 Å². The minimum absolute atomic E-state index is 1.94. The van der Waals surface area contributed by atoms with E-state index in [1.54, 1.807) is 0 Å².